The number of carbonyl (C=O) groups excluding carboxylic acids is 3. The fourth-order valence-corrected chi connectivity index (χ4v) is 3.99. The molecule has 0 aliphatic carbocycles. The lowest BCUT2D eigenvalue weighted by atomic mass is 10.1. The Morgan fingerprint density at radius 1 is 1.06 bits per heavy atom. The maximum Gasteiger partial charge on any atom is 0.355 e. The second kappa shape index (κ2) is 9.54. The van der Waals surface area contributed by atoms with Crippen molar-refractivity contribution in [1.82, 2.24) is 4.98 Å². The number of aromatic nitrogens is 1. The summed E-state index contributed by atoms with van der Waals surface area (Å²) in [6.07, 6.45) is -1.13. The Morgan fingerprint density at radius 2 is 1.80 bits per heavy atom. The second-order valence-corrected chi connectivity index (χ2v) is 8.03. The van der Waals surface area contributed by atoms with Crippen LogP contribution in [0, 0.1) is 13.8 Å². The first-order chi connectivity index (χ1) is 16.7. The predicted octanol–water partition coefficient (Wildman–Crippen LogP) is 4.90. The molecule has 0 fully saturated rings. The van der Waals surface area contributed by atoms with E-state index in [1.165, 1.54) is 14.0 Å². The Kier molecular flexibility index (Phi) is 6.50. The van der Waals surface area contributed by atoms with E-state index in [4.69, 9.17) is 18.6 Å². The van der Waals surface area contributed by atoms with E-state index >= 15 is 0 Å². The Morgan fingerprint density at radius 3 is 2.51 bits per heavy atom. The molecule has 2 N–H and O–H groups in total. The summed E-state index contributed by atoms with van der Waals surface area (Å²) < 4.78 is 21.8. The lowest BCUT2D eigenvalue weighted by Gasteiger charge is -2.15. The molecule has 0 saturated carbocycles. The molecule has 0 bridgehead atoms. The number of methoxy groups -OCH3 is 1. The van der Waals surface area contributed by atoms with Crippen molar-refractivity contribution in [3.63, 3.8) is 0 Å². The quantitative estimate of drug-likeness (QED) is 0.363. The smallest absolute Gasteiger partial charge is 0.355 e. The number of aromatic amines is 1. The highest BCUT2D eigenvalue weighted by atomic mass is 16.5. The molecule has 0 aliphatic heterocycles. The molecule has 4 aromatic rings. The first kappa shape index (κ1) is 23.9. The first-order valence-corrected chi connectivity index (χ1v) is 11.1. The molecule has 2 aromatic carbocycles. The van der Waals surface area contributed by atoms with Crippen LogP contribution in [0.1, 0.15) is 46.0 Å². The number of rotatable bonds is 7. The summed E-state index contributed by atoms with van der Waals surface area (Å²) in [6.45, 7) is 6.62. The zero-order chi connectivity index (χ0) is 25.3. The van der Waals surface area contributed by atoms with E-state index in [1.54, 1.807) is 32.9 Å². The predicted molar refractivity (Wildman–Crippen MR) is 130 cm³/mol. The third-order valence-corrected chi connectivity index (χ3v) is 5.73. The average molecular weight is 479 g/mol. The molecule has 1 atom stereocenters. The minimum atomic E-state index is -1.13. The fraction of sp³-hybridized carbons (Fsp3) is 0.269. The first-order valence-electron chi connectivity index (χ1n) is 11.1. The summed E-state index contributed by atoms with van der Waals surface area (Å²) in [5.41, 5.74) is 2.89. The maximum atomic E-state index is 12.9. The number of aryl methyl sites for hydroxylation is 1. The number of esters is 2. The number of ether oxygens (including phenoxy) is 3. The molecule has 182 valence electrons. The molecule has 9 heteroatoms. The zero-order valence-corrected chi connectivity index (χ0v) is 20.1. The zero-order valence-electron chi connectivity index (χ0n) is 20.1. The minimum absolute atomic E-state index is 0.178. The number of hydrogen-bond acceptors (Lipinski definition) is 7. The molecule has 1 amide bonds. The van der Waals surface area contributed by atoms with E-state index in [9.17, 15) is 14.4 Å². The summed E-state index contributed by atoms with van der Waals surface area (Å²) in [5, 5.41) is 4.52. The number of fused-ring (bicyclic) bond motifs is 3. The molecular weight excluding hydrogens is 452 g/mol. The molecule has 2 heterocycles. The number of nitrogens with one attached hydrogen (secondary N) is 2. The van der Waals surface area contributed by atoms with E-state index in [0.29, 0.717) is 28.3 Å². The topological polar surface area (TPSA) is 120 Å². The van der Waals surface area contributed by atoms with Crippen molar-refractivity contribution in [2.24, 2.45) is 0 Å². The van der Waals surface area contributed by atoms with Crippen molar-refractivity contribution in [3.05, 3.63) is 58.9 Å². The Hall–Kier alpha value is -4.27. The van der Waals surface area contributed by atoms with Crippen LogP contribution in [0.5, 0.6) is 5.75 Å². The molecule has 0 aliphatic rings. The van der Waals surface area contributed by atoms with Gasteiger partial charge in [0.05, 0.1) is 25.0 Å². The van der Waals surface area contributed by atoms with Crippen LogP contribution in [0.25, 0.3) is 21.9 Å². The van der Waals surface area contributed by atoms with Crippen LogP contribution in [0.2, 0.25) is 0 Å². The van der Waals surface area contributed by atoms with Gasteiger partial charge in [0.15, 0.2) is 6.10 Å². The summed E-state index contributed by atoms with van der Waals surface area (Å²) >= 11 is 0. The third-order valence-electron chi connectivity index (χ3n) is 5.73. The number of anilines is 1. The van der Waals surface area contributed by atoms with Crippen LogP contribution in [0.4, 0.5) is 5.69 Å². The second-order valence-electron chi connectivity index (χ2n) is 8.03. The average Bonchev–Trinajstić information content (AvgIpc) is 3.34. The number of carbonyl (C=O) groups is 3. The van der Waals surface area contributed by atoms with Gasteiger partial charge in [0, 0.05) is 22.5 Å². The Labute approximate surface area is 201 Å². The lowest BCUT2D eigenvalue weighted by Crippen LogP contribution is -2.30. The van der Waals surface area contributed by atoms with Gasteiger partial charge in [-0.3, -0.25) is 4.79 Å². The SMILES string of the molecule is CCOC(=O)c1[nH]c(C)c(C(=O)OC(C)C(=O)Nc2cc3oc4ccccc4c3cc2OC)c1C. The molecule has 0 radical (unpaired) electrons. The van der Waals surface area contributed by atoms with E-state index in [2.05, 4.69) is 10.3 Å². The summed E-state index contributed by atoms with van der Waals surface area (Å²) in [7, 11) is 1.50. The standard InChI is InChI=1S/C26H26N2O7/c1-6-33-26(31)23-13(2)22(14(3)27-23)25(30)34-15(4)24(29)28-18-12-20-17(11-21(18)32-5)16-9-7-8-10-19(16)35-20/h7-12,15,27H,6H2,1-5H3,(H,28,29). The fourth-order valence-electron chi connectivity index (χ4n) is 3.99. The largest absolute Gasteiger partial charge is 0.495 e. The van der Waals surface area contributed by atoms with Gasteiger partial charge in [-0.15, -0.1) is 0 Å². The van der Waals surface area contributed by atoms with Gasteiger partial charge in [-0.25, -0.2) is 9.59 Å². The van der Waals surface area contributed by atoms with Gasteiger partial charge in [0.25, 0.3) is 5.91 Å². The monoisotopic (exact) mass is 478 g/mol. The number of furan rings is 1. The third kappa shape index (κ3) is 4.44. The van der Waals surface area contributed by atoms with Gasteiger partial charge < -0.3 is 28.9 Å². The highest BCUT2D eigenvalue weighted by Gasteiger charge is 2.27. The van der Waals surface area contributed by atoms with Crippen molar-refractivity contribution in [1.29, 1.82) is 0 Å². The van der Waals surface area contributed by atoms with Crippen LogP contribution in [-0.2, 0) is 14.3 Å². The van der Waals surface area contributed by atoms with Crippen LogP contribution in [0.15, 0.2) is 40.8 Å². The van der Waals surface area contributed by atoms with Crippen molar-refractivity contribution in [2.45, 2.75) is 33.8 Å². The molecular formula is C26H26N2O7. The maximum absolute atomic E-state index is 12.9. The van der Waals surface area contributed by atoms with Crippen molar-refractivity contribution >= 4 is 45.5 Å². The normalized spacial score (nSPS) is 11.9. The van der Waals surface area contributed by atoms with Crippen molar-refractivity contribution in [2.75, 3.05) is 19.0 Å². The van der Waals surface area contributed by atoms with Crippen LogP contribution in [0.3, 0.4) is 0 Å². The number of H-pyrrole nitrogens is 1. The number of amides is 1. The number of hydrogen-bond donors (Lipinski definition) is 2. The van der Waals surface area contributed by atoms with Gasteiger partial charge in [0.1, 0.15) is 22.6 Å². The summed E-state index contributed by atoms with van der Waals surface area (Å²) in [5.74, 6) is -1.41. The molecule has 35 heavy (non-hydrogen) atoms. The van der Waals surface area contributed by atoms with Gasteiger partial charge in [-0.1, -0.05) is 18.2 Å². The molecule has 4 rings (SSSR count). The highest BCUT2D eigenvalue weighted by Crippen LogP contribution is 2.36. The Balaban J connectivity index is 1.53. The Bertz CT molecular complexity index is 1450. The van der Waals surface area contributed by atoms with Gasteiger partial charge in [0.2, 0.25) is 0 Å². The summed E-state index contributed by atoms with van der Waals surface area (Å²) in [4.78, 5) is 40.7. The molecule has 0 saturated heterocycles. The van der Waals surface area contributed by atoms with Crippen LogP contribution in [-0.4, -0.2) is 42.7 Å². The molecule has 1 unspecified atom stereocenters. The van der Waals surface area contributed by atoms with Crippen molar-refractivity contribution < 1.29 is 33.0 Å². The van der Waals surface area contributed by atoms with Crippen molar-refractivity contribution in [3.8, 4) is 5.75 Å². The lowest BCUT2D eigenvalue weighted by molar-refractivity contribution is -0.123. The highest BCUT2D eigenvalue weighted by molar-refractivity contribution is 6.08. The number of benzene rings is 2. The number of para-hydroxylation sites is 1. The van der Waals surface area contributed by atoms with Gasteiger partial charge in [-0.05, 0) is 45.4 Å². The molecule has 0 spiro atoms. The van der Waals surface area contributed by atoms with E-state index in [1.807, 2.05) is 24.3 Å². The van der Waals surface area contributed by atoms with Crippen LogP contribution < -0.4 is 10.1 Å². The summed E-state index contributed by atoms with van der Waals surface area (Å²) in [6, 6.07) is 11.1. The van der Waals surface area contributed by atoms with E-state index in [0.717, 1.165) is 16.4 Å². The van der Waals surface area contributed by atoms with E-state index in [-0.39, 0.29) is 17.9 Å². The molecule has 9 nitrogen and oxygen atoms in total. The molecule has 2 aromatic heterocycles. The van der Waals surface area contributed by atoms with E-state index < -0.39 is 23.9 Å². The minimum Gasteiger partial charge on any atom is -0.495 e. The van der Waals surface area contributed by atoms with Crippen LogP contribution >= 0.6 is 0 Å². The van der Waals surface area contributed by atoms with Gasteiger partial charge in [-0.2, -0.15) is 0 Å². The van der Waals surface area contributed by atoms with Gasteiger partial charge >= 0.3 is 11.9 Å².